The Morgan fingerprint density at radius 3 is 2.40 bits per heavy atom. The molecule has 2 aromatic carbocycles. The first-order chi connectivity index (χ1) is 9.40. The van der Waals surface area contributed by atoms with E-state index in [1.165, 1.54) is 11.1 Å². The van der Waals surface area contributed by atoms with Crippen LogP contribution in [0.2, 0.25) is 0 Å². The molecule has 0 aromatic heterocycles. The van der Waals surface area contributed by atoms with Crippen molar-refractivity contribution in [2.75, 3.05) is 11.9 Å². The molecular weight excluding hydrogens is 314 g/mol. The van der Waals surface area contributed by atoms with E-state index in [2.05, 4.69) is 47.2 Å². The quantitative estimate of drug-likeness (QED) is 0.869. The fraction of sp³-hybridized carbons (Fsp3) is 0.294. The Balaban J connectivity index is 2.17. The summed E-state index contributed by atoms with van der Waals surface area (Å²) in [5.41, 5.74) is 3.42. The Hall–Kier alpha value is -1.32. The monoisotopic (exact) mass is 333 g/mol. The zero-order valence-corrected chi connectivity index (χ0v) is 13.7. The lowest BCUT2D eigenvalue weighted by atomic mass is 9.96. The number of benzene rings is 2. The zero-order chi connectivity index (χ0) is 14.8. The fourth-order valence-electron chi connectivity index (χ4n) is 2.30. The molecule has 0 aliphatic rings. The summed E-state index contributed by atoms with van der Waals surface area (Å²) in [6.45, 7) is 6.42. The van der Waals surface area contributed by atoms with E-state index in [1.54, 1.807) is 0 Å². The van der Waals surface area contributed by atoms with Crippen LogP contribution in [0.15, 0.2) is 46.9 Å². The van der Waals surface area contributed by atoms with Crippen molar-refractivity contribution in [3.05, 3.63) is 63.6 Å². The minimum absolute atomic E-state index is 0.458. The molecule has 0 saturated carbocycles. The minimum Gasteiger partial charge on any atom is -0.384 e. The van der Waals surface area contributed by atoms with E-state index >= 15 is 0 Å². The van der Waals surface area contributed by atoms with Gasteiger partial charge in [-0.05, 0) is 59.5 Å². The van der Waals surface area contributed by atoms with Gasteiger partial charge in [0.1, 0.15) is 5.60 Å². The van der Waals surface area contributed by atoms with Crippen LogP contribution in [0.25, 0.3) is 0 Å². The number of nitrogens with one attached hydrogen (secondary N) is 1. The summed E-state index contributed by atoms with van der Waals surface area (Å²) in [4.78, 5) is 0. The van der Waals surface area contributed by atoms with Gasteiger partial charge in [-0.25, -0.2) is 0 Å². The van der Waals surface area contributed by atoms with Crippen LogP contribution in [-0.4, -0.2) is 11.7 Å². The molecule has 0 radical (unpaired) electrons. The molecule has 0 saturated heterocycles. The van der Waals surface area contributed by atoms with Crippen molar-refractivity contribution in [1.29, 1.82) is 0 Å². The maximum absolute atomic E-state index is 10.6. The van der Waals surface area contributed by atoms with Crippen LogP contribution in [0, 0.1) is 13.8 Å². The van der Waals surface area contributed by atoms with Crippen LogP contribution in [0.3, 0.4) is 0 Å². The van der Waals surface area contributed by atoms with E-state index in [0.717, 1.165) is 15.7 Å². The van der Waals surface area contributed by atoms with Crippen LogP contribution >= 0.6 is 15.9 Å². The Kier molecular flexibility index (Phi) is 4.51. The molecular formula is C17H20BrNO. The molecule has 0 heterocycles. The molecule has 0 bridgehead atoms. The summed E-state index contributed by atoms with van der Waals surface area (Å²) in [5, 5.41) is 14.0. The van der Waals surface area contributed by atoms with Gasteiger partial charge in [0, 0.05) is 11.0 Å². The molecule has 1 unspecified atom stereocenters. The van der Waals surface area contributed by atoms with Gasteiger partial charge in [0.2, 0.25) is 0 Å². The molecule has 2 N–H and O–H groups in total. The zero-order valence-electron chi connectivity index (χ0n) is 12.1. The normalized spacial score (nSPS) is 13.8. The van der Waals surface area contributed by atoms with Gasteiger partial charge in [-0.2, -0.15) is 0 Å². The van der Waals surface area contributed by atoms with Crippen molar-refractivity contribution in [2.45, 2.75) is 26.4 Å². The SMILES string of the molecule is Cc1cc(C)c(NCC(C)(O)c2ccccc2)c(Br)c1. The van der Waals surface area contributed by atoms with Gasteiger partial charge in [0.15, 0.2) is 0 Å². The van der Waals surface area contributed by atoms with Crippen LogP contribution in [0.1, 0.15) is 23.6 Å². The van der Waals surface area contributed by atoms with Gasteiger partial charge < -0.3 is 10.4 Å². The molecule has 0 aliphatic carbocycles. The molecule has 2 rings (SSSR count). The Morgan fingerprint density at radius 1 is 1.15 bits per heavy atom. The van der Waals surface area contributed by atoms with E-state index in [1.807, 2.05) is 37.3 Å². The summed E-state index contributed by atoms with van der Waals surface area (Å²) in [6.07, 6.45) is 0. The molecule has 0 amide bonds. The second-order valence-corrected chi connectivity index (χ2v) is 6.29. The predicted octanol–water partition coefficient (Wildman–Crippen LogP) is 4.39. The second-order valence-electron chi connectivity index (χ2n) is 5.43. The third-order valence-corrected chi connectivity index (χ3v) is 4.06. The molecule has 0 fully saturated rings. The van der Waals surface area contributed by atoms with Crippen LogP contribution in [0.5, 0.6) is 0 Å². The maximum atomic E-state index is 10.6. The Bertz CT molecular complexity index is 570. The lowest BCUT2D eigenvalue weighted by Gasteiger charge is -2.26. The van der Waals surface area contributed by atoms with E-state index in [4.69, 9.17) is 0 Å². The molecule has 2 aromatic rings. The number of aryl methyl sites for hydroxylation is 2. The fourth-order valence-corrected chi connectivity index (χ4v) is 3.11. The van der Waals surface area contributed by atoms with E-state index in [9.17, 15) is 5.11 Å². The van der Waals surface area contributed by atoms with Gasteiger partial charge >= 0.3 is 0 Å². The maximum Gasteiger partial charge on any atom is 0.104 e. The van der Waals surface area contributed by atoms with E-state index in [-0.39, 0.29) is 0 Å². The summed E-state index contributed by atoms with van der Waals surface area (Å²) in [7, 11) is 0. The first-order valence-corrected chi connectivity index (χ1v) is 7.48. The third kappa shape index (κ3) is 3.41. The van der Waals surface area contributed by atoms with Crippen LogP contribution in [0.4, 0.5) is 5.69 Å². The van der Waals surface area contributed by atoms with Crippen molar-refractivity contribution in [3.63, 3.8) is 0 Å². The highest BCUT2D eigenvalue weighted by atomic mass is 79.9. The molecule has 106 valence electrons. The lowest BCUT2D eigenvalue weighted by molar-refractivity contribution is 0.0715. The number of hydrogen-bond acceptors (Lipinski definition) is 2. The lowest BCUT2D eigenvalue weighted by Crippen LogP contribution is -2.31. The van der Waals surface area contributed by atoms with Crippen LogP contribution in [-0.2, 0) is 5.60 Å². The van der Waals surface area contributed by atoms with E-state index in [0.29, 0.717) is 6.54 Å². The molecule has 0 aliphatic heterocycles. The second kappa shape index (κ2) is 5.98. The van der Waals surface area contributed by atoms with Gasteiger partial charge in [-0.3, -0.25) is 0 Å². The average molecular weight is 334 g/mol. The van der Waals surface area contributed by atoms with E-state index < -0.39 is 5.60 Å². The predicted molar refractivity (Wildman–Crippen MR) is 88.1 cm³/mol. The minimum atomic E-state index is -0.905. The van der Waals surface area contributed by atoms with Gasteiger partial charge in [-0.1, -0.05) is 36.4 Å². The number of hydrogen-bond donors (Lipinski definition) is 2. The standard InChI is InChI=1S/C17H20BrNO/c1-12-9-13(2)16(15(18)10-12)19-11-17(3,20)14-7-5-4-6-8-14/h4-10,19-20H,11H2,1-3H3. The first kappa shape index (κ1) is 15.1. The number of anilines is 1. The molecule has 20 heavy (non-hydrogen) atoms. The van der Waals surface area contributed by atoms with Gasteiger partial charge in [0.05, 0.1) is 5.69 Å². The summed E-state index contributed by atoms with van der Waals surface area (Å²) < 4.78 is 1.03. The topological polar surface area (TPSA) is 32.3 Å². The van der Waals surface area contributed by atoms with Crippen molar-refractivity contribution in [1.82, 2.24) is 0 Å². The summed E-state index contributed by atoms with van der Waals surface area (Å²) in [5.74, 6) is 0. The molecule has 0 spiro atoms. The highest BCUT2D eigenvalue weighted by Crippen LogP contribution is 2.29. The first-order valence-electron chi connectivity index (χ1n) is 6.69. The smallest absolute Gasteiger partial charge is 0.104 e. The Labute approximate surface area is 129 Å². The molecule has 3 heteroatoms. The van der Waals surface area contributed by atoms with Crippen molar-refractivity contribution in [2.24, 2.45) is 0 Å². The largest absolute Gasteiger partial charge is 0.384 e. The van der Waals surface area contributed by atoms with Crippen LogP contribution < -0.4 is 5.32 Å². The number of aliphatic hydroxyl groups is 1. The summed E-state index contributed by atoms with van der Waals surface area (Å²) >= 11 is 3.58. The highest BCUT2D eigenvalue weighted by molar-refractivity contribution is 9.10. The van der Waals surface area contributed by atoms with Gasteiger partial charge in [0.25, 0.3) is 0 Å². The molecule has 1 atom stereocenters. The summed E-state index contributed by atoms with van der Waals surface area (Å²) in [6, 6.07) is 13.9. The highest BCUT2D eigenvalue weighted by Gasteiger charge is 2.23. The average Bonchev–Trinajstić information content (AvgIpc) is 2.38. The van der Waals surface area contributed by atoms with Crippen molar-refractivity contribution >= 4 is 21.6 Å². The Morgan fingerprint density at radius 2 is 1.80 bits per heavy atom. The van der Waals surface area contributed by atoms with Crippen molar-refractivity contribution in [3.8, 4) is 0 Å². The number of halogens is 1. The van der Waals surface area contributed by atoms with Gasteiger partial charge in [-0.15, -0.1) is 0 Å². The third-order valence-electron chi connectivity index (χ3n) is 3.44. The number of rotatable bonds is 4. The molecule has 2 nitrogen and oxygen atoms in total. The van der Waals surface area contributed by atoms with Crippen molar-refractivity contribution < 1.29 is 5.11 Å².